The first-order valence-corrected chi connectivity index (χ1v) is 5.83. The Hall–Kier alpha value is -1.04. The molecule has 1 aliphatic carbocycles. The van der Waals surface area contributed by atoms with E-state index in [1.807, 2.05) is 0 Å². The van der Waals surface area contributed by atoms with Gasteiger partial charge in [-0.2, -0.15) is 18.3 Å². The largest absolute Gasteiger partial charge is 0.435 e. The minimum atomic E-state index is -4.38. The third kappa shape index (κ3) is 2.46. The van der Waals surface area contributed by atoms with Gasteiger partial charge in [0.05, 0.1) is 0 Å². The van der Waals surface area contributed by atoms with Gasteiger partial charge < -0.3 is 5.32 Å². The molecule has 1 fully saturated rings. The third-order valence-electron chi connectivity index (χ3n) is 3.28. The van der Waals surface area contributed by atoms with Gasteiger partial charge in [0.15, 0.2) is 5.69 Å². The number of rotatable bonds is 3. The lowest BCUT2D eigenvalue weighted by Crippen LogP contribution is -2.15. The lowest BCUT2D eigenvalue weighted by Gasteiger charge is -2.11. The first-order valence-electron chi connectivity index (χ1n) is 5.83. The molecule has 1 aliphatic rings. The van der Waals surface area contributed by atoms with Crippen molar-refractivity contribution in [1.82, 2.24) is 15.5 Å². The van der Waals surface area contributed by atoms with Crippen molar-refractivity contribution in [3.8, 4) is 0 Å². The summed E-state index contributed by atoms with van der Waals surface area (Å²) in [6.45, 7) is 0.206. The molecule has 0 amide bonds. The van der Waals surface area contributed by atoms with E-state index in [1.54, 1.807) is 7.05 Å². The molecule has 0 radical (unpaired) electrons. The molecular weight excluding hydrogens is 231 g/mol. The van der Waals surface area contributed by atoms with Crippen molar-refractivity contribution < 1.29 is 13.2 Å². The van der Waals surface area contributed by atoms with Crippen molar-refractivity contribution in [2.24, 2.45) is 0 Å². The number of aromatic nitrogens is 2. The van der Waals surface area contributed by atoms with Crippen LogP contribution in [0.15, 0.2) is 0 Å². The van der Waals surface area contributed by atoms with Crippen LogP contribution in [0, 0.1) is 0 Å². The lowest BCUT2D eigenvalue weighted by atomic mass is 9.98. The normalized spacial score (nSPS) is 17.9. The summed E-state index contributed by atoms with van der Waals surface area (Å²) < 4.78 is 38.3. The number of aromatic amines is 1. The summed E-state index contributed by atoms with van der Waals surface area (Å²) in [5.74, 6) is 0.210. The molecule has 96 valence electrons. The molecule has 6 heteroatoms. The Balaban J connectivity index is 2.35. The number of alkyl halides is 3. The minimum absolute atomic E-state index is 0.206. The fourth-order valence-corrected chi connectivity index (χ4v) is 2.52. The molecule has 3 nitrogen and oxygen atoms in total. The Morgan fingerprint density at radius 3 is 2.53 bits per heavy atom. The number of nitrogens with zero attached hydrogens (tertiary/aromatic N) is 1. The Morgan fingerprint density at radius 1 is 1.35 bits per heavy atom. The van der Waals surface area contributed by atoms with E-state index in [1.165, 1.54) is 0 Å². The van der Waals surface area contributed by atoms with Gasteiger partial charge in [-0.1, -0.05) is 12.8 Å². The summed E-state index contributed by atoms with van der Waals surface area (Å²) in [7, 11) is 1.64. The quantitative estimate of drug-likeness (QED) is 0.862. The maximum Gasteiger partial charge on any atom is 0.435 e. The van der Waals surface area contributed by atoms with Crippen LogP contribution in [0.1, 0.15) is 48.6 Å². The van der Waals surface area contributed by atoms with Gasteiger partial charge in [0, 0.05) is 23.7 Å². The predicted molar refractivity (Wildman–Crippen MR) is 57.6 cm³/mol. The molecule has 2 N–H and O–H groups in total. The first-order chi connectivity index (χ1) is 8.04. The third-order valence-corrected chi connectivity index (χ3v) is 3.28. The second kappa shape index (κ2) is 4.68. The van der Waals surface area contributed by atoms with Gasteiger partial charge >= 0.3 is 6.18 Å². The predicted octanol–water partition coefficient (Wildman–Crippen LogP) is 2.81. The molecule has 1 heterocycles. The van der Waals surface area contributed by atoms with Crippen LogP contribution < -0.4 is 5.32 Å². The molecule has 0 aliphatic heterocycles. The Labute approximate surface area is 97.8 Å². The first kappa shape index (κ1) is 12.4. The standard InChI is InChI=1S/C11H16F3N3/c1-15-6-8-9(7-4-2-3-5-7)16-17-10(8)11(12,13)14/h7,15H,2-6H2,1H3,(H,16,17). The monoisotopic (exact) mass is 247 g/mol. The van der Waals surface area contributed by atoms with Gasteiger partial charge in [-0.15, -0.1) is 0 Å². The maximum absolute atomic E-state index is 12.8. The van der Waals surface area contributed by atoms with Crippen molar-refractivity contribution in [1.29, 1.82) is 0 Å². The van der Waals surface area contributed by atoms with E-state index >= 15 is 0 Å². The van der Waals surface area contributed by atoms with Gasteiger partial charge in [0.2, 0.25) is 0 Å². The molecule has 1 saturated carbocycles. The highest BCUT2D eigenvalue weighted by molar-refractivity contribution is 5.30. The fraction of sp³-hybridized carbons (Fsp3) is 0.727. The summed E-state index contributed by atoms with van der Waals surface area (Å²) in [6, 6.07) is 0. The molecule has 2 rings (SSSR count). The number of nitrogens with one attached hydrogen (secondary N) is 2. The SMILES string of the molecule is CNCc1c(C(F)(F)F)n[nH]c1C1CCCC1. The zero-order valence-electron chi connectivity index (χ0n) is 9.69. The number of hydrogen-bond donors (Lipinski definition) is 2. The van der Waals surface area contributed by atoms with E-state index in [0.717, 1.165) is 25.7 Å². The number of halogens is 3. The summed E-state index contributed by atoms with van der Waals surface area (Å²) in [5, 5.41) is 8.84. The fourth-order valence-electron chi connectivity index (χ4n) is 2.52. The molecule has 17 heavy (non-hydrogen) atoms. The van der Waals surface area contributed by atoms with Crippen molar-refractivity contribution in [2.75, 3.05) is 7.05 Å². The second-order valence-corrected chi connectivity index (χ2v) is 4.47. The number of hydrogen-bond acceptors (Lipinski definition) is 2. The Morgan fingerprint density at radius 2 is 2.00 bits per heavy atom. The molecule has 0 unspecified atom stereocenters. The Bertz CT molecular complexity index is 378. The zero-order chi connectivity index (χ0) is 12.5. The van der Waals surface area contributed by atoms with E-state index in [9.17, 15) is 13.2 Å². The lowest BCUT2D eigenvalue weighted by molar-refractivity contribution is -0.141. The van der Waals surface area contributed by atoms with E-state index in [-0.39, 0.29) is 18.0 Å². The van der Waals surface area contributed by atoms with Gasteiger partial charge in [-0.25, -0.2) is 0 Å². The molecule has 0 aromatic carbocycles. The minimum Gasteiger partial charge on any atom is -0.316 e. The smallest absolute Gasteiger partial charge is 0.316 e. The summed E-state index contributed by atoms with van der Waals surface area (Å²) in [6.07, 6.45) is -0.292. The molecule has 0 spiro atoms. The highest BCUT2D eigenvalue weighted by Gasteiger charge is 2.38. The molecule has 0 bridgehead atoms. The molecule has 1 aromatic rings. The highest BCUT2D eigenvalue weighted by atomic mass is 19.4. The molecular formula is C11H16F3N3. The number of H-pyrrole nitrogens is 1. The van der Waals surface area contributed by atoms with E-state index < -0.39 is 11.9 Å². The summed E-state index contributed by atoms with van der Waals surface area (Å²) in [4.78, 5) is 0. The van der Waals surface area contributed by atoms with Gasteiger partial charge in [-0.05, 0) is 19.9 Å². The average molecular weight is 247 g/mol. The van der Waals surface area contributed by atoms with Crippen LogP contribution in [-0.4, -0.2) is 17.2 Å². The summed E-state index contributed by atoms with van der Waals surface area (Å²) >= 11 is 0. The van der Waals surface area contributed by atoms with Crippen LogP contribution in [-0.2, 0) is 12.7 Å². The summed E-state index contributed by atoms with van der Waals surface area (Å²) in [5.41, 5.74) is 0.185. The molecule has 1 aromatic heterocycles. The Kier molecular flexibility index (Phi) is 3.42. The topological polar surface area (TPSA) is 40.7 Å². The zero-order valence-corrected chi connectivity index (χ0v) is 9.69. The van der Waals surface area contributed by atoms with Gasteiger partial charge in [0.25, 0.3) is 0 Å². The molecule has 0 saturated heterocycles. The van der Waals surface area contributed by atoms with Crippen molar-refractivity contribution in [2.45, 2.75) is 44.3 Å². The van der Waals surface area contributed by atoms with Gasteiger partial charge in [-0.3, -0.25) is 5.10 Å². The van der Waals surface area contributed by atoms with E-state index in [2.05, 4.69) is 15.5 Å². The van der Waals surface area contributed by atoms with Crippen molar-refractivity contribution in [3.05, 3.63) is 17.0 Å². The average Bonchev–Trinajstić information content (AvgIpc) is 2.82. The van der Waals surface area contributed by atoms with Crippen LogP contribution >= 0.6 is 0 Å². The van der Waals surface area contributed by atoms with Crippen LogP contribution in [0.4, 0.5) is 13.2 Å². The van der Waals surface area contributed by atoms with E-state index in [4.69, 9.17) is 0 Å². The van der Waals surface area contributed by atoms with Crippen LogP contribution in [0.5, 0.6) is 0 Å². The maximum atomic E-state index is 12.8. The van der Waals surface area contributed by atoms with E-state index in [0.29, 0.717) is 5.69 Å². The highest BCUT2D eigenvalue weighted by Crippen LogP contribution is 2.39. The van der Waals surface area contributed by atoms with Crippen LogP contribution in [0.3, 0.4) is 0 Å². The van der Waals surface area contributed by atoms with Crippen LogP contribution in [0.25, 0.3) is 0 Å². The second-order valence-electron chi connectivity index (χ2n) is 4.47. The molecule has 0 atom stereocenters. The van der Waals surface area contributed by atoms with Crippen molar-refractivity contribution in [3.63, 3.8) is 0 Å². The van der Waals surface area contributed by atoms with Crippen molar-refractivity contribution >= 4 is 0 Å². The van der Waals surface area contributed by atoms with Crippen LogP contribution in [0.2, 0.25) is 0 Å². The van der Waals surface area contributed by atoms with Gasteiger partial charge in [0.1, 0.15) is 0 Å².